The fraction of sp³-hybridized carbons (Fsp3) is 0.400. The van der Waals surface area contributed by atoms with Gasteiger partial charge in [0.1, 0.15) is 5.75 Å². The van der Waals surface area contributed by atoms with E-state index in [2.05, 4.69) is 20.8 Å². The molecule has 0 aliphatic carbocycles. The molecule has 0 saturated carbocycles. The summed E-state index contributed by atoms with van der Waals surface area (Å²) in [6.45, 7) is 12.5. The number of halogens is 1. The van der Waals surface area contributed by atoms with Crippen molar-refractivity contribution in [1.29, 1.82) is 0 Å². The molecule has 2 N–H and O–H groups in total. The van der Waals surface area contributed by atoms with Crippen molar-refractivity contribution in [2.45, 2.75) is 47.0 Å². The number of hydrogen-bond acceptors (Lipinski definition) is 2. The number of hydrogen-bond donors (Lipinski definition) is 1. The molecule has 0 aliphatic heterocycles. The molecule has 24 heavy (non-hydrogen) atoms. The molecule has 2 rings (SSSR count). The van der Waals surface area contributed by atoms with E-state index in [1.165, 1.54) is 0 Å². The predicted octanol–water partition coefficient (Wildman–Crippen LogP) is 5.52. The predicted molar refractivity (Wildman–Crippen MR) is 101 cm³/mol. The van der Waals surface area contributed by atoms with Gasteiger partial charge in [-0.15, -0.1) is 0 Å². The summed E-state index contributed by atoms with van der Waals surface area (Å²) >= 11 is 6.15. The Kier molecular flexibility index (Phi) is 7.74. The maximum atomic E-state index is 6.16. The van der Waals surface area contributed by atoms with Crippen molar-refractivity contribution in [3.8, 4) is 11.5 Å². The summed E-state index contributed by atoms with van der Waals surface area (Å²) in [6.07, 6.45) is 0. The van der Waals surface area contributed by atoms with E-state index >= 15 is 0 Å². The monoisotopic (exact) mass is 350 g/mol. The highest BCUT2D eigenvalue weighted by Gasteiger charge is 2.21. The van der Waals surface area contributed by atoms with Crippen molar-refractivity contribution >= 4 is 17.3 Å². The molecule has 0 spiro atoms. The SMILES string of the molecule is CC.CO[NH2+]c1cc(C)ccc1Oc1ccc(Cl)cc1C(C)(C)C. The number of aryl methyl sites for hydroxylation is 1. The molecule has 3 nitrogen and oxygen atoms in total. The number of rotatable bonds is 4. The van der Waals surface area contributed by atoms with Gasteiger partial charge < -0.3 is 4.74 Å². The van der Waals surface area contributed by atoms with E-state index in [4.69, 9.17) is 21.2 Å². The third-order valence-electron chi connectivity index (χ3n) is 3.38. The van der Waals surface area contributed by atoms with Gasteiger partial charge in [-0.3, -0.25) is 0 Å². The standard InChI is InChI=1S/C18H22ClNO2.C2H6/c1-12-6-8-17(15(10-12)20-21-5)22-16-9-7-13(19)11-14(16)18(2,3)4;1-2/h6-11,20H,1-5H3;1-2H3/p+1. The Labute approximate surface area is 150 Å². The van der Waals surface area contributed by atoms with Crippen molar-refractivity contribution in [3.05, 3.63) is 52.5 Å². The van der Waals surface area contributed by atoms with Gasteiger partial charge in [-0.25, -0.2) is 4.84 Å². The Bertz CT molecular complexity index is 663. The summed E-state index contributed by atoms with van der Waals surface area (Å²) in [7, 11) is 1.63. The first kappa shape index (κ1) is 20.5. The van der Waals surface area contributed by atoms with Gasteiger partial charge in [0, 0.05) is 16.7 Å². The summed E-state index contributed by atoms with van der Waals surface area (Å²) in [4.78, 5) is 5.15. The van der Waals surface area contributed by atoms with Crippen LogP contribution in [0.4, 0.5) is 5.69 Å². The Morgan fingerprint density at radius 2 is 1.58 bits per heavy atom. The molecule has 0 heterocycles. The molecule has 0 unspecified atom stereocenters. The van der Waals surface area contributed by atoms with E-state index in [0.717, 1.165) is 28.3 Å². The van der Waals surface area contributed by atoms with Crippen LogP contribution in [0.5, 0.6) is 11.5 Å². The molecule has 0 fully saturated rings. The molecule has 0 radical (unpaired) electrons. The van der Waals surface area contributed by atoms with Gasteiger partial charge in [0.25, 0.3) is 0 Å². The third kappa shape index (κ3) is 5.52. The van der Waals surface area contributed by atoms with Crippen LogP contribution in [-0.4, -0.2) is 7.11 Å². The lowest BCUT2D eigenvalue weighted by Gasteiger charge is -2.23. The highest BCUT2D eigenvalue weighted by molar-refractivity contribution is 6.30. The van der Waals surface area contributed by atoms with E-state index in [9.17, 15) is 0 Å². The van der Waals surface area contributed by atoms with Crippen LogP contribution < -0.4 is 10.2 Å². The largest absolute Gasteiger partial charge is 0.451 e. The lowest BCUT2D eigenvalue weighted by atomic mass is 9.86. The lowest BCUT2D eigenvalue weighted by Crippen LogP contribution is -2.76. The van der Waals surface area contributed by atoms with E-state index in [0.29, 0.717) is 5.02 Å². The smallest absolute Gasteiger partial charge is 0.205 e. The topological polar surface area (TPSA) is 35.1 Å². The summed E-state index contributed by atoms with van der Waals surface area (Å²) in [6, 6.07) is 11.7. The normalized spacial score (nSPS) is 10.8. The van der Waals surface area contributed by atoms with Crippen LogP contribution in [0.25, 0.3) is 0 Å². The molecule has 0 aromatic heterocycles. The number of nitrogens with two attached hydrogens (primary N) is 1. The van der Waals surface area contributed by atoms with Crippen molar-refractivity contribution < 1.29 is 15.1 Å². The van der Waals surface area contributed by atoms with Crippen LogP contribution in [0.1, 0.15) is 45.7 Å². The van der Waals surface area contributed by atoms with E-state index in [-0.39, 0.29) is 5.41 Å². The molecule has 0 amide bonds. The maximum absolute atomic E-state index is 6.16. The first-order valence-electron chi connectivity index (χ1n) is 8.26. The highest BCUT2D eigenvalue weighted by Crippen LogP contribution is 2.37. The summed E-state index contributed by atoms with van der Waals surface area (Å²) in [5.41, 5.74) is 4.77. The Morgan fingerprint density at radius 1 is 0.958 bits per heavy atom. The minimum absolute atomic E-state index is 0.0595. The molecule has 0 aliphatic rings. The van der Waals surface area contributed by atoms with Crippen molar-refractivity contribution in [2.75, 3.05) is 7.11 Å². The van der Waals surface area contributed by atoms with E-state index < -0.39 is 0 Å². The molecule has 2 aromatic carbocycles. The molecule has 0 atom stereocenters. The maximum Gasteiger partial charge on any atom is 0.205 e. The van der Waals surface area contributed by atoms with E-state index in [1.54, 1.807) is 12.6 Å². The van der Waals surface area contributed by atoms with Gasteiger partial charge in [0.2, 0.25) is 5.69 Å². The van der Waals surface area contributed by atoms with Gasteiger partial charge >= 0.3 is 0 Å². The summed E-state index contributed by atoms with van der Waals surface area (Å²) < 4.78 is 6.16. The fourth-order valence-electron chi connectivity index (χ4n) is 2.28. The molecule has 2 aromatic rings. The average Bonchev–Trinajstić information content (AvgIpc) is 2.53. The van der Waals surface area contributed by atoms with Crippen LogP contribution >= 0.6 is 11.6 Å². The first-order valence-corrected chi connectivity index (χ1v) is 8.63. The molecule has 132 valence electrons. The van der Waals surface area contributed by atoms with Crippen LogP contribution in [0.3, 0.4) is 0 Å². The molecule has 0 saturated heterocycles. The Hall–Kier alpha value is -1.55. The third-order valence-corrected chi connectivity index (χ3v) is 3.61. The highest BCUT2D eigenvalue weighted by atomic mass is 35.5. The second-order valence-electron chi connectivity index (χ2n) is 6.39. The van der Waals surface area contributed by atoms with Gasteiger partial charge in [-0.05, 0) is 42.2 Å². The van der Waals surface area contributed by atoms with Crippen LogP contribution in [-0.2, 0) is 10.3 Å². The fourth-order valence-corrected chi connectivity index (χ4v) is 2.45. The van der Waals surface area contributed by atoms with Crippen molar-refractivity contribution in [1.82, 2.24) is 0 Å². The van der Waals surface area contributed by atoms with Gasteiger partial charge in [-0.2, -0.15) is 5.48 Å². The number of ether oxygens (including phenoxy) is 1. The number of benzene rings is 2. The summed E-state index contributed by atoms with van der Waals surface area (Å²) in [5, 5.41) is 0.713. The Morgan fingerprint density at radius 3 is 2.17 bits per heavy atom. The average molecular weight is 351 g/mol. The van der Waals surface area contributed by atoms with Gasteiger partial charge in [0.15, 0.2) is 5.75 Å². The zero-order valence-corrected chi connectivity index (χ0v) is 16.5. The minimum Gasteiger partial charge on any atom is -0.451 e. The molecular weight excluding hydrogens is 322 g/mol. The number of quaternary nitrogens is 1. The quantitative estimate of drug-likeness (QED) is 0.582. The van der Waals surface area contributed by atoms with Crippen molar-refractivity contribution in [2.24, 2.45) is 0 Å². The summed E-state index contributed by atoms with van der Waals surface area (Å²) in [5.74, 6) is 1.58. The molecule has 4 heteroatoms. The lowest BCUT2D eigenvalue weighted by molar-refractivity contribution is -0.830. The van der Waals surface area contributed by atoms with Gasteiger partial charge in [-0.1, -0.05) is 52.3 Å². The minimum atomic E-state index is -0.0595. The zero-order valence-electron chi connectivity index (χ0n) is 15.7. The van der Waals surface area contributed by atoms with Crippen LogP contribution in [0.2, 0.25) is 5.02 Å². The Balaban J connectivity index is 0.00000139. The molecular formula is C20H29ClNO2+. The van der Waals surface area contributed by atoms with Crippen LogP contribution in [0, 0.1) is 6.92 Å². The molecule has 0 bridgehead atoms. The second-order valence-corrected chi connectivity index (χ2v) is 6.82. The zero-order chi connectivity index (χ0) is 18.3. The van der Waals surface area contributed by atoms with Gasteiger partial charge in [0.05, 0.1) is 7.11 Å². The van der Waals surface area contributed by atoms with Crippen molar-refractivity contribution in [3.63, 3.8) is 0 Å². The van der Waals surface area contributed by atoms with E-state index in [1.807, 2.05) is 57.2 Å². The van der Waals surface area contributed by atoms with Crippen LogP contribution in [0.15, 0.2) is 36.4 Å². The second kappa shape index (κ2) is 9.07. The first-order chi connectivity index (χ1) is 11.3.